The van der Waals surface area contributed by atoms with Gasteiger partial charge in [-0.1, -0.05) is 32.0 Å². The average molecular weight is 454 g/mol. The first-order chi connectivity index (χ1) is 15.8. The summed E-state index contributed by atoms with van der Waals surface area (Å²) in [5.41, 5.74) is -0.266. The molecule has 3 aromatic rings. The highest BCUT2D eigenvalue weighted by Crippen LogP contribution is 2.31. The quantitative estimate of drug-likeness (QED) is 0.493. The lowest BCUT2D eigenvalue weighted by Gasteiger charge is -2.22. The minimum atomic E-state index is -1.01. The van der Waals surface area contributed by atoms with Gasteiger partial charge in [0.05, 0.1) is 7.11 Å². The minimum Gasteiger partial charge on any atom is -0.493 e. The topological polar surface area (TPSA) is 76.7 Å². The summed E-state index contributed by atoms with van der Waals surface area (Å²) in [6, 6.07) is 15.9. The minimum absolute atomic E-state index is 0.336. The van der Waals surface area contributed by atoms with Crippen molar-refractivity contribution >= 4 is 17.5 Å². The molecule has 6 nitrogen and oxygen atoms in total. The Morgan fingerprint density at radius 1 is 0.848 bits per heavy atom. The Morgan fingerprint density at radius 3 is 2.03 bits per heavy atom. The zero-order chi connectivity index (χ0) is 24.0. The molecule has 1 atom stereocenters. The predicted molar refractivity (Wildman–Crippen MR) is 121 cm³/mol. The van der Waals surface area contributed by atoms with Gasteiger partial charge in [0, 0.05) is 5.69 Å². The Hall–Kier alpha value is -3.94. The third-order valence-corrected chi connectivity index (χ3v) is 4.84. The van der Waals surface area contributed by atoms with Crippen LogP contribution in [0, 0.1) is 17.6 Å². The van der Waals surface area contributed by atoms with Crippen LogP contribution in [-0.2, 0) is 4.79 Å². The summed E-state index contributed by atoms with van der Waals surface area (Å²) in [6.45, 7) is 3.43. The van der Waals surface area contributed by atoms with Gasteiger partial charge in [0.2, 0.25) is 5.91 Å². The summed E-state index contributed by atoms with van der Waals surface area (Å²) in [5, 5.41) is 5.12. The van der Waals surface area contributed by atoms with Crippen LogP contribution >= 0.6 is 0 Å². The zero-order valence-corrected chi connectivity index (χ0v) is 18.4. The number of anilines is 1. The third-order valence-electron chi connectivity index (χ3n) is 4.84. The maximum atomic E-state index is 13.9. The molecule has 2 N–H and O–H groups in total. The molecule has 8 heteroatoms. The van der Waals surface area contributed by atoms with Gasteiger partial charge in [0.15, 0.2) is 11.5 Å². The van der Waals surface area contributed by atoms with Gasteiger partial charge in [-0.25, -0.2) is 8.78 Å². The Labute approximate surface area is 190 Å². The largest absolute Gasteiger partial charge is 0.493 e. The molecule has 0 spiro atoms. The van der Waals surface area contributed by atoms with Gasteiger partial charge in [-0.2, -0.15) is 0 Å². The molecule has 0 heterocycles. The number of ether oxygens (including phenoxy) is 2. The van der Waals surface area contributed by atoms with E-state index in [2.05, 4.69) is 10.6 Å². The van der Waals surface area contributed by atoms with Crippen molar-refractivity contribution in [2.75, 3.05) is 12.4 Å². The van der Waals surface area contributed by atoms with Gasteiger partial charge in [0.1, 0.15) is 29.0 Å². The molecule has 2 amide bonds. The van der Waals surface area contributed by atoms with E-state index in [1.165, 1.54) is 0 Å². The fraction of sp³-hybridized carbons (Fsp3) is 0.200. The number of benzene rings is 3. The number of carbonyl (C=O) groups is 2. The van der Waals surface area contributed by atoms with Crippen molar-refractivity contribution in [3.8, 4) is 17.2 Å². The number of methoxy groups -OCH3 is 1. The highest BCUT2D eigenvalue weighted by Gasteiger charge is 2.27. The van der Waals surface area contributed by atoms with E-state index in [4.69, 9.17) is 9.47 Å². The zero-order valence-electron chi connectivity index (χ0n) is 18.4. The number of hydrogen-bond donors (Lipinski definition) is 2. The smallest absolute Gasteiger partial charge is 0.257 e. The summed E-state index contributed by atoms with van der Waals surface area (Å²) < 4.78 is 38.9. The highest BCUT2D eigenvalue weighted by atomic mass is 19.1. The molecule has 172 valence electrons. The monoisotopic (exact) mass is 454 g/mol. The first kappa shape index (κ1) is 23.7. The van der Waals surface area contributed by atoms with E-state index in [9.17, 15) is 18.4 Å². The van der Waals surface area contributed by atoms with Crippen LogP contribution in [0.1, 0.15) is 24.2 Å². The molecule has 0 saturated carbocycles. The summed E-state index contributed by atoms with van der Waals surface area (Å²) in [5.74, 6) is -2.20. The Kier molecular flexibility index (Phi) is 7.61. The third kappa shape index (κ3) is 5.85. The SMILES string of the molecule is COc1ccccc1Oc1ccc(NC(=O)C(NC(=O)c2c(F)cccc2F)C(C)C)cc1. The fourth-order valence-electron chi connectivity index (χ4n) is 3.12. The van der Waals surface area contributed by atoms with Crippen molar-refractivity contribution < 1.29 is 27.8 Å². The molecule has 0 aliphatic rings. The van der Waals surface area contributed by atoms with Gasteiger partial charge in [-0.3, -0.25) is 9.59 Å². The normalized spacial score (nSPS) is 11.6. The van der Waals surface area contributed by atoms with Crippen LogP contribution in [0.25, 0.3) is 0 Å². The molecule has 3 aromatic carbocycles. The standard InChI is InChI=1S/C25H24F2N2O4/c1-15(2)23(29-24(30)22-18(26)7-6-8-19(22)27)25(31)28-16-11-13-17(14-12-16)33-21-10-5-4-9-20(21)32-3/h4-15,23H,1-3H3,(H,28,31)(H,29,30). The number of carbonyl (C=O) groups excluding carboxylic acids is 2. The molecule has 1 unspecified atom stereocenters. The molecule has 0 aliphatic carbocycles. The van der Waals surface area contributed by atoms with Crippen molar-refractivity contribution in [1.82, 2.24) is 5.32 Å². The maximum Gasteiger partial charge on any atom is 0.257 e. The number of nitrogens with one attached hydrogen (secondary N) is 2. The second-order valence-corrected chi connectivity index (χ2v) is 7.56. The molecule has 0 saturated heterocycles. The van der Waals surface area contributed by atoms with E-state index < -0.39 is 35.1 Å². The highest BCUT2D eigenvalue weighted by molar-refractivity contribution is 6.01. The van der Waals surface area contributed by atoms with Crippen molar-refractivity contribution in [2.24, 2.45) is 5.92 Å². The van der Waals surface area contributed by atoms with Crippen LogP contribution in [0.15, 0.2) is 66.7 Å². The molecule has 0 aliphatic heterocycles. The van der Waals surface area contributed by atoms with Crippen molar-refractivity contribution in [3.05, 3.63) is 83.9 Å². The van der Waals surface area contributed by atoms with Gasteiger partial charge in [-0.05, 0) is 54.4 Å². The fourth-order valence-corrected chi connectivity index (χ4v) is 3.12. The molecular formula is C25H24F2N2O4. The number of hydrogen-bond acceptors (Lipinski definition) is 4. The predicted octanol–water partition coefficient (Wildman–Crippen LogP) is 5.16. The van der Waals surface area contributed by atoms with Gasteiger partial charge in [0.25, 0.3) is 5.91 Å². The van der Waals surface area contributed by atoms with E-state index in [1.807, 2.05) is 12.1 Å². The van der Waals surface area contributed by atoms with Crippen molar-refractivity contribution in [1.29, 1.82) is 0 Å². The second-order valence-electron chi connectivity index (χ2n) is 7.56. The molecule has 0 fully saturated rings. The lowest BCUT2D eigenvalue weighted by atomic mass is 10.0. The van der Waals surface area contributed by atoms with E-state index in [-0.39, 0.29) is 5.92 Å². The van der Waals surface area contributed by atoms with Crippen molar-refractivity contribution in [2.45, 2.75) is 19.9 Å². The van der Waals surface area contributed by atoms with Crippen LogP contribution in [0.5, 0.6) is 17.2 Å². The summed E-state index contributed by atoms with van der Waals surface area (Å²) >= 11 is 0. The van der Waals surface area contributed by atoms with Gasteiger partial charge < -0.3 is 20.1 Å². The summed E-state index contributed by atoms with van der Waals surface area (Å²) in [7, 11) is 1.55. The first-order valence-electron chi connectivity index (χ1n) is 10.3. The summed E-state index contributed by atoms with van der Waals surface area (Å²) in [4.78, 5) is 25.2. The van der Waals surface area contributed by atoms with E-state index in [0.29, 0.717) is 22.9 Å². The van der Waals surface area contributed by atoms with Crippen molar-refractivity contribution in [3.63, 3.8) is 0 Å². The second kappa shape index (κ2) is 10.6. The van der Waals surface area contributed by atoms with Gasteiger partial charge >= 0.3 is 0 Å². The number of halogens is 2. The molecule has 0 bridgehead atoms. The van der Waals surface area contributed by atoms with Crippen LogP contribution < -0.4 is 20.1 Å². The Morgan fingerprint density at radius 2 is 1.45 bits per heavy atom. The van der Waals surface area contributed by atoms with E-state index in [0.717, 1.165) is 18.2 Å². The first-order valence-corrected chi connectivity index (χ1v) is 10.3. The van der Waals surface area contributed by atoms with E-state index >= 15 is 0 Å². The molecule has 0 radical (unpaired) electrons. The molecule has 33 heavy (non-hydrogen) atoms. The maximum absolute atomic E-state index is 13.9. The molecule has 3 rings (SSSR count). The van der Waals surface area contributed by atoms with Crippen LogP contribution in [0.2, 0.25) is 0 Å². The van der Waals surface area contributed by atoms with Crippen LogP contribution in [0.4, 0.5) is 14.5 Å². The van der Waals surface area contributed by atoms with Crippen LogP contribution in [0.3, 0.4) is 0 Å². The molecule has 0 aromatic heterocycles. The summed E-state index contributed by atoms with van der Waals surface area (Å²) in [6.07, 6.45) is 0. The molecular weight excluding hydrogens is 430 g/mol. The number of para-hydroxylation sites is 2. The lowest BCUT2D eigenvalue weighted by Crippen LogP contribution is -2.47. The Bertz CT molecular complexity index is 1110. The van der Waals surface area contributed by atoms with Gasteiger partial charge in [-0.15, -0.1) is 0 Å². The number of amides is 2. The van der Waals surface area contributed by atoms with E-state index in [1.54, 1.807) is 57.4 Å². The number of rotatable bonds is 8. The van der Waals surface area contributed by atoms with Crippen LogP contribution in [-0.4, -0.2) is 25.0 Å². The Balaban J connectivity index is 1.68. The average Bonchev–Trinajstić information content (AvgIpc) is 2.78. The lowest BCUT2D eigenvalue weighted by molar-refractivity contribution is -0.118.